The molecule has 1 aromatic rings. The van der Waals surface area contributed by atoms with Crippen molar-refractivity contribution in [2.75, 3.05) is 6.54 Å². The Kier molecular flexibility index (Phi) is 5.07. The molecule has 0 bridgehead atoms. The molecule has 2 aliphatic rings. The van der Waals surface area contributed by atoms with Crippen LogP contribution in [-0.2, 0) is 9.63 Å². The number of carbonyl (C=O) groups excluding carboxylic acids is 1. The summed E-state index contributed by atoms with van der Waals surface area (Å²) in [5.41, 5.74) is -2.06. The van der Waals surface area contributed by atoms with Gasteiger partial charge in [-0.15, -0.1) is 0 Å². The molecule has 0 aromatic carbocycles. The molecule has 156 valence electrons. The largest absolute Gasteiger partial charge is 0.450 e. The van der Waals surface area contributed by atoms with Gasteiger partial charge in [0.25, 0.3) is 0 Å². The number of likely N-dealkylation sites (tertiary alicyclic amines) is 1. The Bertz CT molecular complexity index is 779. The van der Waals surface area contributed by atoms with E-state index in [4.69, 9.17) is 4.52 Å². The molecule has 28 heavy (non-hydrogen) atoms. The molecule has 1 fully saturated rings. The number of halogens is 3. The lowest BCUT2D eigenvalue weighted by Gasteiger charge is -2.30. The fourth-order valence-corrected chi connectivity index (χ4v) is 3.46. The molecule has 1 saturated heterocycles. The summed E-state index contributed by atoms with van der Waals surface area (Å²) in [4.78, 5) is 19.2. The van der Waals surface area contributed by atoms with Gasteiger partial charge in [-0.1, -0.05) is 24.2 Å². The maximum absolute atomic E-state index is 13.2. The average molecular weight is 404 g/mol. The van der Waals surface area contributed by atoms with Gasteiger partial charge >= 0.3 is 11.9 Å². The predicted molar refractivity (Wildman–Crippen MR) is 91.1 cm³/mol. The van der Waals surface area contributed by atoms with Crippen LogP contribution in [0.5, 0.6) is 0 Å². The first-order valence-corrected chi connectivity index (χ1v) is 8.95. The van der Waals surface area contributed by atoms with Gasteiger partial charge in [0.2, 0.25) is 5.91 Å². The van der Waals surface area contributed by atoms with E-state index in [1.54, 1.807) is 13.0 Å². The molecule has 3 rings (SSSR count). The molecule has 2 aliphatic heterocycles. The van der Waals surface area contributed by atoms with Gasteiger partial charge in [-0.3, -0.25) is 4.79 Å². The topological polar surface area (TPSA) is 100 Å². The molecule has 4 atom stereocenters. The molecule has 1 aromatic heterocycles. The maximum atomic E-state index is 13.2. The molecule has 1 amide bonds. The third-order valence-corrected chi connectivity index (χ3v) is 5.00. The number of rotatable bonds is 4. The molecule has 11 heteroatoms. The number of carbonyl (C=O) groups is 1. The minimum absolute atomic E-state index is 0.0245. The molecule has 0 saturated carbocycles. The summed E-state index contributed by atoms with van der Waals surface area (Å²) in [6.07, 6.45) is -5.54. The lowest BCUT2D eigenvalue weighted by Crippen LogP contribution is -2.57. The third-order valence-electron chi connectivity index (χ3n) is 5.00. The highest BCUT2D eigenvalue weighted by Crippen LogP contribution is 2.36. The molecule has 2 N–H and O–H groups in total. The van der Waals surface area contributed by atoms with Crippen LogP contribution in [0.15, 0.2) is 15.7 Å². The van der Waals surface area contributed by atoms with E-state index in [0.717, 1.165) is 6.92 Å². The number of hydrogen-bond acceptors (Lipinski definition) is 7. The van der Waals surface area contributed by atoms with Crippen molar-refractivity contribution in [2.45, 2.75) is 64.1 Å². The number of oxime groups is 1. The Labute approximate surface area is 159 Å². The van der Waals surface area contributed by atoms with Gasteiger partial charge in [-0.05, 0) is 12.8 Å². The molecule has 8 nitrogen and oxygen atoms in total. The molecular weight excluding hydrogens is 381 g/mol. The minimum Gasteiger partial charge on any atom is -0.391 e. The normalized spacial score (nSPS) is 28.9. The Balaban J connectivity index is 1.85. The van der Waals surface area contributed by atoms with Crippen molar-refractivity contribution < 1.29 is 32.4 Å². The molecule has 3 heterocycles. The zero-order valence-electron chi connectivity index (χ0n) is 15.9. The van der Waals surface area contributed by atoms with Crippen LogP contribution in [0.2, 0.25) is 0 Å². The Morgan fingerprint density at radius 1 is 1.46 bits per heavy atom. The smallest absolute Gasteiger partial charge is 0.391 e. The van der Waals surface area contributed by atoms with E-state index >= 15 is 0 Å². The van der Waals surface area contributed by atoms with Gasteiger partial charge < -0.3 is 24.7 Å². The van der Waals surface area contributed by atoms with Gasteiger partial charge in [0.05, 0.1) is 17.8 Å². The lowest BCUT2D eigenvalue weighted by atomic mass is 9.91. The number of hydrogen-bond donors (Lipinski definition) is 2. The number of aryl methyl sites for hydroxylation is 1. The molecule has 0 unspecified atom stereocenters. The summed E-state index contributed by atoms with van der Waals surface area (Å²) in [5.74, 6) is -0.992. The van der Waals surface area contributed by atoms with E-state index in [0.29, 0.717) is 11.5 Å². The zero-order valence-corrected chi connectivity index (χ0v) is 15.9. The summed E-state index contributed by atoms with van der Waals surface area (Å²) in [6.45, 7) is 6.18. The number of nitrogens with one attached hydrogen (secondary N) is 1. The highest BCUT2D eigenvalue weighted by atomic mass is 19.4. The fourth-order valence-electron chi connectivity index (χ4n) is 3.46. The standard InChI is InChI=1S/C17H23F3N4O4/c1-8(2)13(12-5-9(3)22-27-12)15(26)24-7-10(25)6-11(24)14-21-16(4,28-23-14)17(18,19)20/h5,8,10-11,13,25H,6-7H2,1-4H3,(H,21,23)/t10-,11+,13-,16-/m1/s1. The van der Waals surface area contributed by atoms with E-state index < -0.39 is 30.0 Å². The first-order chi connectivity index (χ1) is 12.9. The number of β-amino-alcohol motifs (C(OH)–C–C–N with tert-alkyl or cyclic N) is 1. The molecule has 0 radical (unpaired) electrons. The average Bonchev–Trinajstić information content (AvgIpc) is 3.26. The number of amidine groups is 1. The van der Waals surface area contributed by atoms with Crippen molar-refractivity contribution in [3.05, 3.63) is 17.5 Å². The lowest BCUT2D eigenvalue weighted by molar-refractivity contribution is -0.269. The van der Waals surface area contributed by atoms with Crippen molar-refractivity contribution in [3.8, 4) is 0 Å². The van der Waals surface area contributed by atoms with Crippen LogP contribution in [0.1, 0.15) is 44.6 Å². The fraction of sp³-hybridized carbons (Fsp3) is 0.706. The second-order valence-electron chi connectivity index (χ2n) is 7.71. The van der Waals surface area contributed by atoms with Crippen molar-refractivity contribution in [3.63, 3.8) is 0 Å². The summed E-state index contributed by atoms with van der Waals surface area (Å²) in [7, 11) is 0. The summed E-state index contributed by atoms with van der Waals surface area (Å²) in [5, 5.41) is 19.7. The van der Waals surface area contributed by atoms with E-state index in [-0.39, 0.29) is 30.6 Å². The molecule has 0 spiro atoms. The summed E-state index contributed by atoms with van der Waals surface area (Å²) >= 11 is 0. The van der Waals surface area contributed by atoms with Crippen LogP contribution in [0, 0.1) is 12.8 Å². The van der Waals surface area contributed by atoms with E-state index in [2.05, 4.69) is 20.5 Å². The van der Waals surface area contributed by atoms with Crippen LogP contribution in [0.25, 0.3) is 0 Å². The van der Waals surface area contributed by atoms with Crippen molar-refractivity contribution >= 4 is 11.7 Å². The van der Waals surface area contributed by atoms with Gasteiger partial charge in [-0.25, -0.2) is 0 Å². The predicted octanol–water partition coefficient (Wildman–Crippen LogP) is 1.90. The summed E-state index contributed by atoms with van der Waals surface area (Å²) < 4.78 is 44.8. The van der Waals surface area contributed by atoms with Crippen LogP contribution in [0.4, 0.5) is 13.2 Å². The van der Waals surface area contributed by atoms with Gasteiger partial charge in [-0.2, -0.15) is 13.2 Å². The first kappa shape index (κ1) is 20.4. The van der Waals surface area contributed by atoms with Crippen molar-refractivity contribution in [1.29, 1.82) is 0 Å². The van der Waals surface area contributed by atoms with Gasteiger partial charge in [0.1, 0.15) is 11.7 Å². The maximum Gasteiger partial charge on any atom is 0.450 e. The van der Waals surface area contributed by atoms with E-state index in [9.17, 15) is 23.1 Å². The second kappa shape index (κ2) is 6.94. The number of aliphatic hydroxyl groups is 1. The highest BCUT2D eigenvalue weighted by Gasteiger charge is 2.59. The molecular formula is C17H23F3N4O4. The van der Waals surface area contributed by atoms with Crippen LogP contribution in [0.3, 0.4) is 0 Å². The third kappa shape index (κ3) is 3.54. The number of amides is 1. The Morgan fingerprint density at radius 2 is 2.14 bits per heavy atom. The SMILES string of the molecule is Cc1cc([C@H](C(=O)N2C[C@H](O)C[C@H]2C2=NO[C@](C)(C(F)(F)F)N2)C(C)C)on1. The highest BCUT2D eigenvalue weighted by molar-refractivity contribution is 5.94. The first-order valence-electron chi connectivity index (χ1n) is 8.95. The number of nitrogens with zero attached hydrogens (tertiary/aromatic N) is 3. The number of aromatic nitrogens is 1. The van der Waals surface area contributed by atoms with E-state index in [1.807, 2.05) is 13.8 Å². The quantitative estimate of drug-likeness (QED) is 0.795. The van der Waals surface area contributed by atoms with Crippen LogP contribution < -0.4 is 5.32 Å². The Hall–Kier alpha value is -2.30. The number of aliphatic hydroxyl groups excluding tert-OH is 1. The van der Waals surface area contributed by atoms with E-state index in [1.165, 1.54) is 4.90 Å². The van der Waals surface area contributed by atoms with Crippen LogP contribution >= 0.6 is 0 Å². The Morgan fingerprint density at radius 3 is 2.64 bits per heavy atom. The molecule has 0 aliphatic carbocycles. The second-order valence-corrected chi connectivity index (χ2v) is 7.71. The van der Waals surface area contributed by atoms with Crippen molar-refractivity contribution in [2.24, 2.45) is 11.1 Å². The van der Waals surface area contributed by atoms with Crippen molar-refractivity contribution in [1.82, 2.24) is 15.4 Å². The summed E-state index contributed by atoms with van der Waals surface area (Å²) in [6, 6.07) is 0.788. The zero-order chi connectivity index (χ0) is 20.9. The minimum atomic E-state index is -4.71. The van der Waals surface area contributed by atoms with Gasteiger partial charge in [0.15, 0.2) is 5.84 Å². The number of alkyl halides is 3. The monoisotopic (exact) mass is 404 g/mol. The van der Waals surface area contributed by atoms with Crippen LogP contribution in [-0.4, -0.2) is 57.5 Å². The van der Waals surface area contributed by atoms with Gasteiger partial charge in [0, 0.05) is 26.0 Å².